The minimum atomic E-state index is -0.246. The predicted molar refractivity (Wildman–Crippen MR) is 120 cm³/mol. The number of hydrogen-bond donors (Lipinski definition) is 0. The molecule has 5 aromatic rings. The second-order valence-corrected chi connectivity index (χ2v) is 7.38. The van der Waals surface area contributed by atoms with Crippen LogP contribution in [-0.4, -0.2) is 23.6 Å². The monoisotopic (exact) mass is 412 g/mol. The van der Waals surface area contributed by atoms with Crippen LogP contribution in [0.4, 0.5) is 4.39 Å². The summed E-state index contributed by atoms with van der Waals surface area (Å²) in [7, 11) is 3.23. The predicted octanol–water partition coefficient (Wildman–Crippen LogP) is 5.90. The number of fused-ring (bicyclic) bond motifs is 3. The first kappa shape index (κ1) is 19.1. The molecular formula is C26H21FN2O2. The second kappa shape index (κ2) is 7.76. The molecule has 0 N–H and O–H groups in total. The summed E-state index contributed by atoms with van der Waals surface area (Å²) in [5, 5.41) is 2.19. The Morgan fingerprint density at radius 1 is 0.871 bits per heavy atom. The van der Waals surface area contributed by atoms with Crippen LogP contribution in [0.15, 0.2) is 79.0 Å². The van der Waals surface area contributed by atoms with Gasteiger partial charge in [0.1, 0.15) is 11.5 Å². The SMILES string of the molecule is COc1ccc(-c2nc3c4ccccc4ccn3c2Cc2cccc(F)c2)cc1OC. The first-order valence-corrected chi connectivity index (χ1v) is 10.0. The molecule has 2 heterocycles. The van der Waals surface area contributed by atoms with Crippen LogP contribution in [0, 0.1) is 5.82 Å². The van der Waals surface area contributed by atoms with Crippen LogP contribution in [0.3, 0.4) is 0 Å². The second-order valence-electron chi connectivity index (χ2n) is 7.38. The van der Waals surface area contributed by atoms with Gasteiger partial charge >= 0.3 is 0 Å². The molecule has 0 unspecified atom stereocenters. The van der Waals surface area contributed by atoms with Gasteiger partial charge in [-0.2, -0.15) is 0 Å². The lowest BCUT2D eigenvalue weighted by Gasteiger charge is -2.10. The van der Waals surface area contributed by atoms with E-state index >= 15 is 0 Å². The van der Waals surface area contributed by atoms with Crippen LogP contribution in [-0.2, 0) is 6.42 Å². The van der Waals surface area contributed by atoms with E-state index in [-0.39, 0.29) is 5.82 Å². The van der Waals surface area contributed by atoms with Gasteiger partial charge in [-0.25, -0.2) is 9.37 Å². The molecule has 0 aliphatic rings. The molecule has 0 aliphatic carbocycles. The highest BCUT2D eigenvalue weighted by Gasteiger charge is 2.18. The van der Waals surface area contributed by atoms with Gasteiger partial charge in [-0.15, -0.1) is 0 Å². The van der Waals surface area contributed by atoms with Gasteiger partial charge in [-0.3, -0.25) is 0 Å². The number of rotatable bonds is 5. The van der Waals surface area contributed by atoms with Gasteiger partial charge < -0.3 is 13.9 Å². The Morgan fingerprint density at radius 2 is 1.71 bits per heavy atom. The van der Waals surface area contributed by atoms with E-state index in [2.05, 4.69) is 22.6 Å². The lowest BCUT2D eigenvalue weighted by Crippen LogP contribution is -1.98. The maximum absolute atomic E-state index is 13.9. The molecule has 3 aromatic carbocycles. The fourth-order valence-electron chi connectivity index (χ4n) is 4.04. The maximum atomic E-state index is 13.9. The molecule has 4 nitrogen and oxygen atoms in total. The van der Waals surface area contributed by atoms with E-state index in [0.29, 0.717) is 17.9 Å². The molecule has 0 bridgehead atoms. The largest absolute Gasteiger partial charge is 0.493 e. The Bertz CT molecular complexity index is 1410. The van der Waals surface area contributed by atoms with Crippen LogP contribution in [0.5, 0.6) is 11.5 Å². The van der Waals surface area contributed by atoms with Crippen molar-refractivity contribution in [1.29, 1.82) is 0 Å². The molecule has 0 radical (unpaired) electrons. The molecule has 5 rings (SSSR count). The molecule has 0 aliphatic heterocycles. The highest BCUT2D eigenvalue weighted by Crippen LogP contribution is 2.35. The fourth-order valence-corrected chi connectivity index (χ4v) is 4.04. The number of pyridine rings is 1. The summed E-state index contributed by atoms with van der Waals surface area (Å²) < 4.78 is 26.9. The van der Waals surface area contributed by atoms with E-state index in [9.17, 15) is 4.39 Å². The standard InChI is InChI=1S/C26H21FN2O2/c1-30-23-11-10-19(16-24(23)31-2)25-22(15-17-6-5-8-20(27)14-17)29-13-12-18-7-3-4-9-21(18)26(29)28-25/h3-14,16H,15H2,1-2H3. The zero-order valence-corrected chi connectivity index (χ0v) is 17.3. The zero-order valence-electron chi connectivity index (χ0n) is 17.3. The Kier molecular flexibility index (Phi) is 4.79. The van der Waals surface area contributed by atoms with Gasteiger partial charge in [0, 0.05) is 23.6 Å². The zero-order chi connectivity index (χ0) is 21.4. The van der Waals surface area contributed by atoms with Crippen molar-refractivity contribution < 1.29 is 13.9 Å². The normalized spacial score (nSPS) is 11.2. The van der Waals surface area contributed by atoms with Crippen molar-refractivity contribution in [3.63, 3.8) is 0 Å². The molecule has 0 amide bonds. The Labute approximate surface area is 179 Å². The van der Waals surface area contributed by atoms with Gasteiger partial charge in [0.15, 0.2) is 11.5 Å². The smallest absolute Gasteiger partial charge is 0.161 e. The lowest BCUT2D eigenvalue weighted by atomic mass is 10.0. The Balaban J connectivity index is 1.77. The quantitative estimate of drug-likeness (QED) is 0.360. The van der Waals surface area contributed by atoms with Crippen molar-refractivity contribution in [2.24, 2.45) is 0 Å². The number of hydrogen-bond acceptors (Lipinski definition) is 3. The van der Waals surface area contributed by atoms with E-state index in [4.69, 9.17) is 14.5 Å². The molecule has 0 atom stereocenters. The summed E-state index contributed by atoms with van der Waals surface area (Å²) in [6.07, 6.45) is 2.57. The lowest BCUT2D eigenvalue weighted by molar-refractivity contribution is 0.355. The van der Waals surface area contributed by atoms with Crippen molar-refractivity contribution in [2.75, 3.05) is 14.2 Å². The summed E-state index contributed by atoms with van der Waals surface area (Å²) in [6.45, 7) is 0. The molecule has 0 saturated carbocycles. The molecular weight excluding hydrogens is 391 g/mol. The Morgan fingerprint density at radius 3 is 2.52 bits per heavy atom. The molecule has 0 saturated heterocycles. The number of imidazole rings is 1. The number of halogens is 1. The van der Waals surface area contributed by atoms with E-state index in [0.717, 1.165) is 38.9 Å². The average molecular weight is 412 g/mol. The van der Waals surface area contributed by atoms with Crippen molar-refractivity contribution in [1.82, 2.24) is 9.38 Å². The summed E-state index contributed by atoms with van der Waals surface area (Å²) in [5.74, 6) is 1.05. The van der Waals surface area contributed by atoms with Gasteiger partial charge in [0.25, 0.3) is 0 Å². The van der Waals surface area contributed by atoms with Crippen LogP contribution in [0.1, 0.15) is 11.3 Å². The first-order valence-electron chi connectivity index (χ1n) is 10.0. The minimum Gasteiger partial charge on any atom is -0.493 e. The highest BCUT2D eigenvalue weighted by molar-refractivity contribution is 5.95. The van der Waals surface area contributed by atoms with Crippen molar-refractivity contribution in [3.8, 4) is 22.8 Å². The van der Waals surface area contributed by atoms with Crippen LogP contribution >= 0.6 is 0 Å². The van der Waals surface area contributed by atoms with E-state index in [1.54, 1.807) is 26.4 Å². The summed E-state index contributed by atoms with van der Waals surface area (Å²) in [6, 6.07) is 22.7. The van der Waals surface area contributed by atoms with E-state index < -0.39 is 0 Å². The molecule has 0 fully saturated rings. The Hall–Kier alpha value is -3.86. The maximum Gasteiger partial charge on any atom is 0.161 e. The van der Waals surface area contributed by atoms with Crippen LogP contribution < -0.4 is 9.47 Å². The molecule has 0 spiro atoms. The van der Waals surface area contributed by atoms with Gasteiger partial charge in [0.2, 0.25) is 0 Å². The van der Waals surface area contributed by atoms with Crippen LogP contribution in [0.2, 0.25) is 0 Å². The van der Waals surface area contributed by atoms with Crippen molar-refractivity contribution in [2.45, 2.75) is 6.42 Å². The molecule has 5 heteroatoms. The van der Waals surface area contributed by atoms with Gasteiger partial charge in [-0.05, 0) is 47.3 Å². The van der Waals surface area contributed by atoms with Crippen molar-refractivity contribution >= 4 is 16.4 Å². The summed E-state index contributed by atoms with van der Waals surface area (Å²) >= 11 is 0. The number of nitrogens with zero attached hydrogens (tertiary/aromatic N) is 2. The van der Waals surface area contributed by atoms with Crippen molar-refractivity contribution in [3.05, 3.63) is 96.1 Å². The summed E-state index contributed by atoms with van der Waals surface area (Å²) in [4.78, 5) is 5.03. The number of aromatic nitrogens is 2. The number of ether oxygens (including phenoxy) is 2. The van der Waals surface area contributed by atoms with Gasteiger partial charge in [-0.1, -0.05) is 36.4 Å². The molecule has 31 heavy (non-hydrogen) atoms. The molecule has 154 valence electrons. The summed E-state index contributed by atoms with van der Waals surface area (Å²) in [5.41, 5.74) is 4.49. The molecule has 2 aromatic heterocycles. The number of benzene rings is 3. The number of methoxy groups -OCH3 is 2. The third kappa shape index (κ3) is 3.38. The third-order valence-electron chi connectivity index (χ3n) is 5.53. The minimum absolute atomic E-state index is 0.246. The van der Waals surface area contributed by atoms with E-state index in [1.165, 1.54) is 6.07 Å². The fraction of sp³-hybridized carbons (Fsp3) is 0.115. The average Bonchev–Trinajstić information content (AvgIpc) is 3.17. The van der Waals surface area contributed by atoms with Gasteiger partial charge in [0.05, 0.1) is 25.6 Å². The highest BCUT2D eigenvalue weighted by atomic mass is 19.1. The van der Waals surface area contributed by atoms with E-state index in [1.807, 2.05) is 42.6 Å². The van der Waals surface area contributed by atoms with Crippen LogP contribution in [0.25, 0.3) is 27.7 Å². The third-order valence-corrected chi connectivity index (χ3v) is 5.53. The first-order chi connectivity index (χ1) is 15.2. The topological polar surface area (TPSA) is 35.8 Å².